The third kappa shape index (κ3) is 11.5. The topological polar surface area (TPSA) is 25.0 Å². The van der Waals surface area contributed by atoms with Gasteiger partial charge in [-0.25, -0.2) is 0 Å². The molecule has 0 amide bonds. The molecule has 0 aliphatic carbocycles. The number of H-pyrrole nitrogens is 1. The van der Waals surface area contributed by atoms with Gasteiger partial charge in [0.1, 0.15) is 5.75 Å². The van der Waals surface area contributed by atoms with E-state index in [1.54, 1.807) is 0 Å². The highest BCUT2D eigenvalue weighted by Crippen LogP contribution is 2.27. The zero-order valence-electron chi connectivity index (χ0n) is 20.2. The van der Waals surface area contributed by atoms with Gasteiger partial charge in [-0.3, -0.25) is 0 Å². The second-order valence-electron chi connectivity index (χ2n) is 6.74. The standard InChI is InChI=1S/C19H17BrClNO.2C3H8.C2H6/c1-2-9-23-19-10-13(4-8-17(19)21)3-7-16-11-14-5-6-15(20)12-18(14)22-16;2*1-3-2;1-2/h3-8,10-12,22H,2,9H2,1H3;2*3H2,1-2H3;1-2H3/b7-3+;;;. The molecular formula is C27H39BrClNO. The maximum Gasteiger partial charge on any atom is 0.138 e. The van der Waals surface area contributed by atoms with E-state index in [4.69, 9.17) is 16.3 Å². The van der Waals surface area contributed by atoms with Crippen LogP contribution in [0.2, 0.25) is 5.02 Å². The first-order chi connectivity index (χ1) is 15.0. The number of rotatable bonds is 5. The fourth-order valence-corrected chi connectivity index (χ4v) is 2.88. The maximum atomic E-state index is 6.16. The van der Waals surface area contributed by atoms with Gasteiger partial charge in [-0.2, -0.15) is 0 Å². The second-order valence-corrected chi connectivity index (χ2v) is 8.06. The Bertz CT molecular complexity index is 884. The summed E-state index contributed by atoms with van der Waals surface area (Å²) in [5.41, 5.74) is 3.23. The summed E-state index contributed by atoms with van der Waals surface area (Å²) in [7, 11) is 0. The number of nitrogens with one attached hydrogen (secondary N) is 1. The van der Waals surface area contributed by atoms with Gasteiger partial charge in [0.2, 0.25) is 0 Å². The zero-order chi connectivity index (χ0) is 23.6. The molecule has 3 rings (SSSR count). The van der Waals surface area contributed by atoms with Gasteiger partial charge in [0.25, 0.3) is 0 Å². The Morgan fingerprint density at radius 1 is 0.903 bits per heavy atom. The van der Waals surface area contributed by atoms with Crippen LogP contribution in [0, 0.1) is 0 Å². The molecule has 0 unspecified atom stereocenters. The minimum absolute atomic E-state index is 0.645. The second kappa shape index (κ2) is 17.9. The zero-order valence-corrected chi connectivity index (χ0v) is 22.5. The molecule has 0 aliphatic rings. The molecule has 0 spiro atoms. The number of aromatic amines is 1. The SMILES string of the molecule is CC.CCC.CCC.CCCOc1cc(/C=C/c2cc3ccc(Br)cc3[nH]2)ccc1Cl. The van der Waals surface area contributed by atoms with E-state index in [0.717, 1.165) is 33.4 Å². The quantitative estimate of drug-likeness (QED) is 0.364. The van der Waals surface area contributed by atoms with Crippen molar-refractivity contribution in [3.8, 4) is 5.75 Å². The summed E-state index contributed by atoms with van der Waals surface area (Å²) in [5.74, 6) is 0.733. The average molecular weight is 509 g/mol. The summed E-state index contributed by atoms with van der Waals surface area (Å²) in [6.45, 7) is 15.2. The molecule has 3 aromatic rings. The van der Waals surface area contributed by atoms with E-state index in [-0.39, 0.29) is 0 Å². The Kier molecular flexibility index (Phi) is 16.9. The first-order valence-corrected chi connectivity index (χ1v) is 12.5. The van der Waals surface area contributed by atoms with Crippen molar-refractivity contribution in [2.24, 2.45) is 0 Å². The van der Waals surface area contributed by atoms with E-state index >= 15 is 0 Å². The van der Waals surface area contributed by atoms with Crippen LogP contribution in [0.4, 0.5) is 0 Å². The summed E-state index contributed by atoms with van der Waals surface area (Å²) < 4.78 is 6.73. The lowest BCUT2D eigenvalue weighted by molar-refractivity contribution is 0.317. The van der Waals surface area contributed by atoms with Gasteiger partial charge in [-0.1, -0.05) is 107 Å². The van der Waals surface area contributed by atoms with Crippen LogP contribution < -0.4 is 4.74 Å². The number of fused-ring (bicyclic) bond motifs is 1. The molecule has 0 aliphatic heterocycles. The van der Waals surface area contributed by atoms with Crippen LogP contribution in [0.15, 0.2) is 46.9 Å². The lowest BCUT2D eigenvalue weighted by Crippen LogP contribution is -1.95. The number of ether oxygens (including phenoxy) is 1. The minimum atomic E-state index is 0.645. The summed E-state index contributed by atoms with van der Waals surface area (Å²) in [5, 5.41) is 1.84. The van der Waals surface area contributed by atoms with Gasteiger partial charge in [0.05, 0.1) is 11.6 Å². The lowest BCUT2D eigenvalue weighted by Gasteiger charge is -2.07. The van der Waals surface area contributed by atoms with Gasteiger partial charge in [-0.05, 0) is 48.4 Å². The highest BCUT2D eigenvalue weighted by atomic mass is 79.9. The van der Waals surface area contributed by atoms with E-state index in [9.17, 15) is 0 Å². The van der Waals surface area contributed by atoms with Crippen molar-refractivity contribution in [2.45, 2.75) is 67.7 Å². The molecule has 1 N–H and O–H groups in total. The molecule has 0 fully saturated rings. The molecule has 2 nitrogen and oxygen atoms in total. The Hall–Kier alpha value is -1.71. The van der Waals surface area contributed by atoms with Crippen LogP contribution in [-0.2, 0) is 0 Å². The van der Waals surface area contributed by atoms with E-state index in [1.165, 1.54) is 18.2 Å². The van der Waals surface area contributed by atoms with Crippen LogP contribution in [0.3, 0.4) is 0 Å². The number of halogens is 2. The molecule has 0 bridgehead atoms. The molecule has 172 valence electrons. The summed E-state index contributed by atoms with van der Waals surface area (Å²) >= 11 is 9.65. The van der Waals surface area contributed by atoms with Crippen molar-refractivity contribution < 1.29 is 4.74 Å². The highest BCUT2D eigenvalue weighted by Gasteiger charge is 2.02. The average Bonchev–Trinajstić information content (AvgIpc) is 3.17. The molecular weight excluding hydrogens is 470 g/mol. The predicted molar refractivity (Wildman–Crippen MR) is 145 cm³/mol. The van der Waals surface area contributed by atoms with Crippen molar-refractivity contribution in [1.82, 2.24) is 4.98 Å². The van der Waals surface area contributed by atoms with Crippen LogP contribution in [0.25, 0.3) is 23.1 Å². The number of hydrogen-bond donors (Lipinski definition) is 1. The lowest BCUT2D eigenvalue weighted by atomic mass is 10.2. The third-order valence-electron chi connectivity index (χ3n) is 3.48. The molecule has 1 aromatic heterocycles. The van der Waals surface area contributed by atoms with E-state index in [2.05, 4.69) is 85.9 Å². The van der Waals surface area contributed by atoms with Crippen molar-refractivity contribution in [3.63, 3.8) is 0 Å². The molecule has 4 heteroatoms. The van der Waals surface area contributed by atoms with Gasteiger partial charge >= 0.3 is 0 Å². The Balaban J connectivity index is 0.000000991. The Labute approximate surface area is 203 Å². The molecule has 1 heterocycles. The fraction of sp³-hybridized carbons (Fsp3) is 0.407. The summed E-state index contributed by atoms with van der Waals surface area (Å²) in [4.78, 5) is 3.39. The first kappa shape index (κ1) is 29.3. The number of benzene rings is 2. The fourth-order valence-electron chi connectivity index (χ4n) is 2.34. The Morgan fingerprint density at radius 2 is 1.55 bits per heavy atom. The number of hydrogen-bond acceptors (Lipinski definition) is 1. The van der Waals surface area contributed by atoms with Gasteiger partial charge < -0.3 is 9.72 Å². The molecule has 0 saturated carbocycles. The van der Waals surface area contributed by atoms with Gasteiger partial charge in [0, 0.05) is 21.1 Å². The largest absolute Gasteiger partial charge is 0.492 e. The highest BCUT2D eigenvalue weighted by molar-refractivity contribution is 9.10. The van der Waals surface area contributed by atoms with Crippen LogP contribution >= 0.6 is 27.5 Å². The van der Waals surface area contributed by atoms with Crippen molar-refractivity contribution in [3.05, 3.63) is 63.2 Å². The van der Waals surface area contributed by atoms with Crippen LogP contribution in [-0.4, -0.2) is 11.6 Å². The third-order valence-corrected chi connectivity index (χ3v) is 4.28. The number of aromatic nitrogens is 1. The molecule has 0 atom stereocenters. The van der Waals surface area contributed by atoms with Crippen molar-refractivity contribution >= 4 is 50.6 Å². The van der Waals surface area contributed by atoms with Gasteiger partial charge in [-0.15, -0.1) is 0 Å². The van der Waals surface area contributed by atoms with Crippen molar-refractivity contribution in [1.29, 1.82) is 0 Å². The molecule has 2 aromatic carbocycles. The summed E-state index contributed by atoms with van der Waals surface area (Å²) in [6.07, 6.45) is 7.57. The Morgan fingerprint density at radius 3 is 2.16 bits per heavy atom. The maximum absolute atomic E-state index is 6.16. The summed E-state index contributed by atoms with van der Waals surface area (Å²) in [6, 6.07) is 14.2. The smallest absolute Gasteiger partial charge is 0.138 e. The van der Waals surface area contributed by atoms with Gasteiger partial charge in [0.15, 0.2) is 0 Å². The first-order valence-electron chi connectivity index (χ1n) is 11.4. The van der Waals surface area contributed by atoms with E-state index in [1.807, 2.05) is 38.1 Å². The van der Waals surface area contributed by atoms with Crippen LogP contribution in [0.1, 0.15) is 79.0 Å². The van der Waals surface area contributed by atoms with Crippen molar-refractivity contribution in [2.75, 3.05) is 6.61 Å². The van der Waals surface area contributed by atoms with Crippen LogP contribution in [0.5, 0.6) is 5.75 Å². The minimum Gasteiger partial charge on any atom is -0.492 e. The predicted octanol–water partition coefficient (Wildman–Crippen LogP) is 10.4. The van der Waals surface area contributed by atoms with E-state index in [0.29, 0.717) is 11.6 Å². The monoisotopic (exact) mass is 507 g/mol. The molecule has 0 radical (unpaired) electrons. The van der Waals surface area contributed by atoms with E-state index < -0.39 is 0 Å². The normalized spacial score (nSPS) is 9.84. The molecule has 31 heavy (non-hydrogen) atoms. The molecule has 0 saturated heterocycles.